The summed E-state index contributed by atoms with van der Waals surface area (Å²) in [5.74, 6) is -0.0473. The van der Waals surface area contributed by atoms with Gasteiger partial charge in [-0.3, -0.25) is 4.79 Å². The van der Waals surface area contributed by atoms with Gasteiger partial charge in [0.25, 0.3) is 0 Å². The van der Waals surface area contributed by atoms with Gasteiger partial charge in [0.05, 0.1) is 5.75 Å². The van der Waals surface area contributed by atoms with E-state index in [1.165, 1.54) is 0 Å². The molecule has 0 atom stereocenters. The fourth-order valence-electron chi connectivity index (χ4n) is 1.49. The van der Waals surface area contributed by atoms with Crippen LogP contribution in [0.4, 0.5) is 11.9 Å². The van der Waals surface area contributed by atoms with E-state index in [-0.39, 0.29) is 23.6 Å². The quantitative estimate of drug-likeness (QED) is 0.696. The van der Waals surface area contributed by atoms with Gasteiger partial charge in [-0.25, -0.2) is 0 Å². The number of nitrogens with two attached hydrogens (primary N) is 2. The molecule has 0 radical (unpaired) electrons. The first kappa shape index (κ1) is 16.6. The van der Waals surface area contributed by atoms with Crippen molar-refractivity contribution in [3.05, 3.63) is 33.8 Å². The zero-order chi connectivity index (χ0) is 16.1. The lowest BCUT2D eigenvalue weighted by Crippen LogP contribution is -2.24. The molecule has 10 heteroatoms. The van der Waals surface area contributed by atoms with E-state index >= 15 is 0 Å². The van der Waals surface area contributed by atoms with Crippen molar-refractivity contribution < 1.29 is 4.79 Å². The van der Waals surface area contributed by atoms with Crippen molar-refractivity contribution in [2.24, 2.45) is 0 Å². The van der Waals surface area contributed by atoms with E-state index in [2.05, 4.69) is 20.3 Å². The molecule has 1 aromatic carbocycles. The number of hydrogen-bond acceptors (Lipinski definition) is 7. The molecule has 0 saturated carbocycles. The Balaban J connectivity index is 1.85. The van der Waals surface area contributed by atoms with Crippen LogP contribution in [0.15, 0.2) is 23.4 Å². The van der Waals surface area contributed by atoms with Gasteiger partial charge in [0, 0.05) is 16.6 Å². The smallest absolute Gasteiger partial charge is 0.230 e. The highest BCUT2D eigenvalue weighted by Gasteiger charge is 2.08. The number of anilines is 2. The largest absolute Gasteiger partial charge is 0.368 e. The summed E-state index contributed by atoms with van der Waals surface area (Å²) in [6.07, 6.45) is 0. The zero-order valence-corrected chi connectivity index (χ0v) is 13.5. The van der Waals surface area contributed by atoms with Gasteiger partial charge in [-0.05, 0) is 17.7 Å². The summed E-state index contributed by atoms with van der Waals surface area (Å²) in [5.41, 5.74) is 11.7. The molecule has 0 fully saturated rings. The van der Waals surface area contributed by atoms with Crippen molar-refractivity contribution in [1.82, 2.24) is 20.3 Å². The van der Waals surface area contributed by atoms with Crippen LogP contribution < -0.4 is 16.8 Å². The highest BCUT2D eigenvalue weighted by molar-refractivity contribution is 7.99. The molecule has 7 nitrogen and oxygen atoms in total. The van der Waals surface area contributed by atoms with Crippen LogP contribution in [-0.4, -0.2) is 26.6 Å². The third-order valence-electron chi connectivity index (χ3n) is 2.47. The Morgan fingerprint density at radius 2 is 1.86 bits per heavy atom. The summed E-state index contributed by atoms with van der Waals surface area (Å²) in [4.78, 5) is 23.2. The second-order valence-electron chi connectivity index (χ2n) is 4.14. The molecule has 0 spiro atoms. The number of hydrogen-bond donors (Lipinski definition) is 3. The van der Waals surface area contributed by atoms with Crippen molar-refractivity contribution >= 4 is 52.8 Å². The summed E-state index contributed by atoms with van der Waals surface area (Å²) in [7, 11) is 0. The number of nitrogens with one attached hydrogen (secondary N) is 1. The first-order valence-electron chi connectivity index (χ1n) is 6.04. The van der Waals surface area contributed by atoms with Crippen LogP contribution in [0.25, 0.3) is 0 Å². The van der Waals surface area contributed by atoms with Gasteiger partial charge in [0.2, 0.25) is 17.8 Å². The van der Waals surface area contributed by atoms with Crippen LogP contribution in [0, 0.1) is 0 Å². The van der Waals surface area contributed by atoms with Gasteiger partial charge in [-0.1, -0.05) is 41.0 Å². The Kier molecular flexibility index (Phi) is 5.64. The number of carbonyl (C=O) groups excluding carboxylic acids is 1. The minimum Gasteiger partial charge on any atom is -0.368 e. The third kappa shape index (κ3) is 4.90. The second-order valence-corrected chi connectivity index (χ2v) is 5.92. The van der Waals surface area contributed by atoms with Gasteiger partial charge >= 0.3 is 0 Å². The lowest BCUT2D eigenvalue weighted by molar-refractivity contribution is -0.118. The number of nitrogens with zero attached hydrogens (tertiary/aromatic N) is 3. The highest BCUT2D eigenvalue weighted by atomic mass is 35.5. The van der Waals surface area contributed by atoms with Crippen molar-refractivity contribution in [2.45, 2.75) is 11.7 Å². The molecule has 0 saturated heterocycles. The van der Waals surface area contributed by atoms with Crippen molar-refractivity contribution in [3.8, 4) is 0 Å². The number of amides is 1. The minimum absolute atomic E-state index is 0.0170. The Labute approximate surface area is 140 Å². The summed E-state index contributed by atoms with van der Waals surface area (Å²) >= 11 is 12.9. The van der Waals surface area contributed by atoms with Gasteiger partial charge in [0.15, 0.2) is 5.16 Å². The SMILES string of the molecule is Nc1nc(N)nc(SCC(=O)NCc2ccc(Cl)cc2Cl)n1. The summed E-state index contributed by atoms with van der Waals surface area (Å²) in [5, 5.41) is 4.07. The normalized spacial score (nSPS) is 10.5. The average Bonchev–Trinajstić information content (AvgIpc) is 2.43. The van der Waals surface area contributed by atoms with Crippen molar-refractivity contribution in [3.63, 3.8) is 0 Å². The molecule has 0 bridgehead atoms. The van der Waals surface area contributed by atoms with Gasteiger partial charge in [0.1, 0.15) is 0 Å². The van der Waals surface area contributed by atoms with Gasteiger partial charge in [-0.15, -0.1) is 0 Å². The average molecular weight is 359 g/mol. The molecule has 1 aromatic heterocycles. The van der Waals surface area contributed by atoms with Crippen LogP contribution in [0.2, 0.25) is 10.0 Å². The Hall–Kier alpha value is -1.77. The predicted molar refractivity (Wildman–Crippen MR) is 87.7 cm³/mol. The van der Waals surface area contributed by atoms with Gasteiger partial charge < -0.3 is 16.8 Å². The minimum atomic E-state index is -0.200. The van der Waals surface area contributed by atoms with Crippen molar-refractivity contribution in [2.75, 3.05) is 17.2 Å². The first-order chi connectivity index (χ1) is 10.4. The summed E-state index contributed by atoms with van der Waals surface area (Å²) in [6, 6.07) is 5.08. The number of benzene rings is 1. The fraction of sp³-hybridized carbons (Fsp3) is 0.167. The lowest BCUT2D eigenvalue weighted by atomic mass is 10.2. The number of halogens is 2. The van der Waals surface area contributed by atoms with E-state index in [1.807, 2.05) is 0 Å². The number of rotatable bonds is 5. The Morgan fingerprint density at radius 3 is 2.50 bits per heavy atom. The highest BCUT2D eigenvalue weighted by Crippen LogP contribution is 2.21. The number of carbonyl (C=O) groups is 1. The van der Waals surface area contributed by atoms with E-state index in [0.29, 0.717) is 21.7 Å². The fourth-order valence-corrected chi connectivity index (χ4v) is 2.65. The predicted octanol–water partition coefficient (Wildman–Crippen LogP) is 1.75. The third-order valence-corrected chi connectivity index (χ3v) is 3.91. The molecule has 0 unspecified atom stereocenters. The molecular weight excluding hydrogens is 347 g/mol. The Morgan fingerprint density at radius 1 is 1.18 bits per heavy atom. The molecule has 2 rings (SSSR count). The molecule has 0 aliphatic heterocycles. The monoisotopic (exact) mass is 358 g/mol. The molecule has 5 N–H and O–H groups in total. The number of aromatic nitrogens is 3. The zero-order valence-electron chi connectivity index (χ0n) is 11.2. The second kappa shape index (κ2) is 7.48. The van der Waals surface area contributed by atoms with E-state index in [1.54, 1.807) is 18.2 Å². The molecule has 0 aliphatic carbocycles. The first-order valence-corrected chi connectivity index (χ1v) is 7.78. The molecule has 0 aliphatic rings. The number of thioether (sulfide) groups is 1. The Bertz CT molecular complexity index is 679. The van der Waals surface area contributed by atoms with Crippen molar-refractivity contribution in [1.29, 1.82) is 0 Å². The molecule has 2 aromatic rings. The molecule has 116 valence electrons. The standard InChI is InChI=1S/C12H12Cl2N6OS/c13-7-2-1-6(8(14)3-7)4-17-9(21)5-22-12-19-10(15)18-11(16)20-12/h1-3H,4-5H2,(H,17,21)(H4,15,16,18,19,20). The number of nitrogen functional groups attached to an aromatic ring is 2. The van der Waals surface area contributed by atoms with E-state index in [0.717, 1.165) is 17.3 Å². The summed E-state index contributed by atoms with van der Waals surface area (Å²) < 4.78 is 0. The van der Waals surface area contributed by atoms with E-state index in [4.69, 9.17) is 34.7 Å². The summed E-state index contributed by atoms with van der Waals surface area (Å²) in [6.45, 7) is 0.302. The molecule has 1 amide bonds. The molecule has 22 heavy (non-hydrogen) atoms. The van der Waals surface area contributed by atoms with Crippen LogP contribution in [0.1, 0.15) is 5.56 Å². The maximum absolute atomic E-state index is 11.8. The van der Waals surface area contributed by atoms with Crippen LogP contribution in [-0.2, 0) is 11.3 Å². The maximum Gasteiger partial charge on any atom is 0.230 e. The van der Waals surface area contributed by atoms with Crippen LogP contribution >= 0.6 is 35.0 Å². The maximum atomic E-state index is 11.8. The van der Waals surface area contributed by atoms with Crippen LogP contribution in [0.3, 0.4) is 0 Å². The topological polar surface area (TPSA) is 120 Å². The van der Waals surface area contributed by atoms with Crippen LogP contribution in [0.5, 0.6) is 0 Å². The van der Waals surface area contributed by atoms with E-state index in [9.17, 15) is 4.79 Å². The van der Waals surface area contributed by atoms with E-state index < -0.39 is 0 Å². The lowest BCUT2D eigenvalue weighted by Gasteiger charge is -2.07. The van der Waals surface area contributed by atoms with Gasteiger partial charge in [-0.2, -0.15) is 15.0 Å². The molecule has 1 heterocycles. The molecular formula is C12H12Cl2N6OS.